The van der Waals surface area contributed by atoms with Crippen molar-refractivity contribution in [1.82, 2.24) is 0 Å². The molecule has 0 amide bonds. The van der Waals surface area contributed by atoms with E-state index in [2.05, 4.69) is 13.8 Å². The highest BCUT2D eigenvalue weighted by Gasteiger charge is 2.32. The predicted octanol–water partition coefficient (Wildman–Crippen LogP) is 3.60. The van der Waals surface area contributed by atoms with Gasteiger partial charge in [-0.1, -0.05) is 12.8 Å². The summed E-state index contributed by atoms with van der Waals surface area (Å²) in [7, 11) is 0. The first kappa shape index (κ1) is 11.3. The third-order valence-electron chi connectivity index (χ3n) is 3.03. The van der Waals surface area contributed by atoms with Crippen LogP contribution < -0.4 is 0 Å². The van der Waals surface area contributed by atoms with Crippen LogP contribution in [0.1, 0.15) is 46.0 Å². The molecule has 0 aromatic carbocycles. The van der Waals surface area contributed by atoms with Gasteiger partial charge in [0.15, 0.2) is 0 Å². The number of hydrogen-bond acceptors (Lipinski definition) is 1. The molecule has 1 aliphatic rings. The summed E-state index contributed by atoms with van der Waals surface area (Å²) in [5.41, 5.74) is 0.413. The highest BCUT2D eigenvalue weighted by atomic mass is 35.5. The van der Waals surface area contributed by atoms with E-state index in [1.807, 2.05) is 0 Å². The van der Waals surface area contributed by atoms with Crippen molar-refractivity contribution in [3.8, 4) is 0 Å². The van der Waals surface area contributed by atoms with Gasteiger partial charge in [0.25, 0.3) is 0 Å². The normalized spacial score (nSPS) is 21.2. The zero-order chi connectivity index (χ0) is 9.73. The number of rotatable bonds is 5. The van der Waals surface area contributed by atoms with Crippen molar-refractivity contribution in [1.29, 1.82) is 0 Å². The Balaban J connectivity index is 2.23. The van der Waals surface area contributed by atoms with Crippen LogP contribution in [0.25, 0.3) is 0 Å². The van der Waals surface area contributed by atoms with E-state index in [1.54, 1.807) is 0 Å². The van der Waals surface area contributed by atoms with Crippen molar-refractivity contribution in [2.45, 2.75) is 52.1 Å². The van der Waals surface area contributed by atoms with Gasteiger partial charge in [0.2, 0.25) is 0 Å². The molecule has 1 aliphatic carbocycles. The molecule has 0 N–H and O–H groups in total. The average molecular weight is 205 g/mol. The minimum Gasteiger partial charge on any atom is -0.379 e. The van der Waals surface area contributed by atoms with Gasteiger partial charge >= 0.3 is 0 Å². The lowest BCUT2D eigenvalue weighted by Crippen LogP contribution is -2.21. The van der Waals surface area contributed by atoms with Gasteiger partial charge in [-0.15, -0.1) is 11.6 Å². The molecular weight excluding hydrogens is 184 g/mol. The van der Waals surface area contributed by atoms with E-state index in [0.29, 0.717) is 11.5 Å². The monoisotopic (exact) mass is 204 g/mol. The van der Waals surface area contributed by atoms with Crippen LogP contribution in [-0.2, 0) is 4.74 Å². The minimum absolute atomic E-state index is 0.355. The first-order chi connectivity index (χ1) is 6.18. The Morgan fingerprint density at radius 1 is 1.31 bits per heavy atom. The van der Waals surface area contributed by atoms with Gasteiger partial charge < -0.3 is 4.74 Å². The lowest BCUT2D eigenvalue weighted by Gasteiger charge is -2.26. The van der Waals surface area contributed by atoms with Crippen LogP contribution in [0.3, 0.4) is 0 Å². The molecule has 0 aromatic rings. The van der Waals surface area contributed by atoms with E-state index in [4.69, 9.17) is 16.3 Å². The third-order valence-corrected chi connectivity index (χ3v) is 3.60. The Morgan fingerprint density at radius 2 is 1.92 bits per heavy atom. The lowest BCUT2D eigenvalue weighted by atomic mass is 9.85. The quantitative estimate of drug-likeness (QED) is 0.622. The average Bonchev–Trinajstić information content (AvgIpc) is 2.53. The molecular formula is C11H21ClO. The highest BCUT2D eigenvalue weighted by molar-refractivity contribution is 6.18. The van der Waals surface area contributed by atoms with E-state index in [1.165, 1.54) is 25.7 Å². The van der Waals surface area contributed by atoms with Crippen molar-refractivity contribution in [2.75, 3.05) is 12.5 Å². The van der Waals surface area contributed by atoms with Gasteiger partial charge in [-0.2, -0.15) is 0 Å². The first-order valence-corrected chi connectivity index (χ1v) is 5.90. The second kappa shape index (κ2) is 5.21. The SMILES string of the molecule is CC(C)OCCC1(CCl)CCCC1. The molecule has 0 heterocycles. The lowest BCUT2D eigenvalue weighted by molar-refractivity contribution is 0.0560. The Kier molecular flexibility index (Phi) is 4.54. The highest BCUT2D eigenvalue weighted by Crippen LogP contribution is 2.41. The van der Waals surface area contributed by atoms with E-state index in [-0.39, 0.29) is 0 Å². The summed E-state index contributed by atoms with van der Waals surface area (Å²) in [6, 6.07) is 0. The van der Waals surface area contributed by atoms with Crippen LogP contribution in [-0.4, -0.2) is 18.6 Å². The van der Waals surface area contributed by atoms with Crippen LogP contribution in [0.2, 0.25) is 0 Å². The van der Waals surface area contributed by atoms with Gasteiger partial charge in [0.05, 0.1) is 6.10 Å². The van der Waals surface area contributed by atoms with Gasteiger partial charge in [0.1, 0.15) is 0 Å². The topological polar surface area (TPSA) is 9.23 Å². The fourth-order valence-corrected chi connectivity index (χ4v) is 2.49. The molecule has 0 saturated heterocycles. The molecule has 0 spiro atoms. The summed E-state index contributed by atoms with van der Waals surface area (Å²) in [5.74, 6) is 0.814. The van der Waals surface area contributed by atoms with Crippen molar-refractivity contribution in [3.05, 3.63) is 0 Å². The molecule has 13 heavy (non-hydrogen) atoms. The standard InChI is InChI=1S/C11H21ClO/c1-10(2)13-8-7-11(9-12)5-3-4-6-11/h10H,3-9H2,1-2H3. The summed E-state index contributed by atoms with van der Waals surface area (Å²) < 4.78 is 5.57. The van der Waals surface area contributed by atoms with E-state index in [0.717, 1.165) is 18.9 Å². The summed E-state index contributed by atoms with van der Waals surface area (Å²) in [6.07, 6.45) is 6.82. The molecule has 0 unspecified atom stereocenters. The molecule has 1 fully saturated rings. The molecule has 0 aliphatic heterocycles. The maximum Gasteiger partial charge on any atom is 0.0518 e. The van der Waals surface area contributed by atoms with Gasteiger partial charge in [-0.3, -0.25) is 0 Å². The van der Waals surface area contributed by atoms with Crippen LogP contribution in [0, 0.1) is 5.41 Å². The Bertz CT molecular complexity index is 139. The Labute approximate surface area is 86.8 Å². The molecule has 0 aromatic heterocycles. The Hall–Kier alpha value is 0.250. The summed E-state index contributed by atoms with van der Waals surface area (Å²) in [6.45, 7) is 5.05. The maximum atomic E-state index is 6.02. The van der Waals surface area contributed by atoms with Crippen LogP contribution >= 0.6 is 11.6 Å². The number of ether oxygens (including phenoxy) is 1. The van der Waals surface area contributed by atoms with Crippen molar-refractivity contribution in [2.24, 2.45) is 5.41 Å². The van der Waals surface area contributed by atoms with Crippen LogP contribution in [0.4, 0.5) is 0 Å². The zero-order valence-corrected chi connectivity index (χ0v) is 9.57. The predicted molar refractivity (Wildman–Crippen MR) is 57.3 cm³/mol. The number of alkyl halides is 1. The molecule has 1 nitrogen and oxygen atoms in total. The Morgan fingerprint density at radius 3 is 2.38 bits per heavy atom. The second-order valence-electron chi connectivity index (χ2n) is 4.51. The molecule has 0 atom stereocenters. The summed E-state index contributed by atoms with van der Waals surface area (Å²) >= 11 is 6.02. The molecule has 1 saturated carbocycles. The summed E-state index contributed by atoms with van der Waals surface area (Å²) in [4.78, 5) is 0. The zero-order valence-electron chi connectivity index (χ0n) is 8.81. The van der Waals surface area contributed by atoms with Gasteiger partial charge in [0, 0.05) is 12.5 Å². The minimum atomic E-state index is 0.355. The fraction of sp³-hybridized carbons (Fsp3) is 1.00. The van der Waals surface area contributed by atoms with Crippen molar-refractivity contribution >= 4 is 11.6 Å². The first-order valence-electron chi connectivity index (χ1n) is 5.36. The maximum absolute atomic E-state index is 6.02. The third kappa shape index (κ3) is 3.47. The summed E-state index contributed by atoms with van der Waals surface area (Å²) in [5, 5.41) is 0. The van der Waals surface area contributed by atoms with E-state index >= 15 is 0 Å². The molecule has 2 heteroatoms. The molecule has 0 bridgehead atoms. The number of hydrogen-bond donors (Lipinski definition) is 0. The van der Waals surface area contributed by atoms with Gasteiger partial charge in [-0.05, 0) is 38.5 Å². The van der Waals surface area contributed by atoms with Gasteiger partial charge in [-0.25, -0.2) is 0 Å². The molecule has 0 radical (unpaired) electrons. The van der Waals surface area contributed by atoms with Crippen LogP contribution in [0.15, 0.2) is 0 Å². The molecule has 1 rings (SSSR count). The fourth-order valence-electron chi connectivity index (χ4n) is 2.09. The number of halogens is 1. The molecule has 78 valence electrons. The van der Waals surface area contributed by atoms with E-state index in [9.17, 15) is 0 Å². The van der Waals surface area contributed by atoms with Crippen molar-refractivity contribution in [3.63, 3.8) is 0 Å². The smallest absolute Gasteiger partial charge is 0.0518 e. The van der Waals surface area contributed by atoms with E-state index < -0.39 is 0 Å². The largest absolute Gasteiger partial charge is 0.379 e. The van der Waals surface area contributed by atoms with Crippen LogP contribution in [0.5, 0.6) is 0 Å². The second-order valence-corrected chi connectivity index (χ2v) is 4.78. The van der Waals surface area contributed by atoms with Crippen molar-refractivity contribution < 1.29 is 4.74 Å².